The van der Waals surface area contributed by atoms with Crippen molar-refractivity contribution < 1.29 is 9.59 Å². The Bertz CT molecular complexity index is 579. The zero-order chi connectivity index (χ0) is 15.4. The first-order valence-corrected chi connectivity index (χ1v) is 8.47. The summed E-state index contributed by atoms with van der Waals surface area (Å²) in [6.45, 7) is 1.91. The Hall–Kier alpha value is -1.21. The number of hydrogen-bond donors (Lipinski definition) is 3. The molecule has 0 bridgehead atoms. The number of aromatic amines is 1. The highest BCUT2D eigenvalue weighted by Gasteiger charge is 2.29. The summed E-state index contributed by atoms with van der Waals surface area (Å²) in [7, 11) is 0. The topological polar surface area (TPSA) is 88.0 Å². The van der Waals surface area contributed by atoms with Gasteiger partial charge in [0.15, 0.2) is 3.95 Å². The fraction of sp³-hybridized carbons (Fsp3) is 0.643. The second kappa shape index (κ2) is 7.17. The number of rotatable bonds is 4. The number of aryl methyl sites for hydroxylation is 1. The van der Waals surface area contributed by atoms with Gasteiger partial charge in [-0.3, -0.25) is 9.59 Å². The molecule has 0 aliphatic heterocycles. The van der Waals surface area contributed by atoms with E-state index in [1.165, 1.54) is 11.3 Å². The van der Waals surface area contributed by atoms with Crippen LogP contribution in [0, 0.1) is 16.8 Å². The van der Waals surface area contributed by atoms with Gasteiger partial charge >= 0.3 is 0 Å². The van der Waals surface area contributed by atoms with Gasteiger partial charge < -0.3 is 16.0 Å². The van der Waals surface area contributed by atoms with Crippen LogP contribution in [0.4, 0.5) is 0 Å². The van der Waals surface area contributed by atoms with Gasteiger partial charge in [-0.2, -0.15) is 0 Å². The molecule has 2 amide bonds. The lowest BCUT2D eigenvalue weighted by Crippen LogP contribution is -2.45. The molecule has 0 spiro atoms. The minimum absolute atomic E-state index is 0.0681. The first-order valence-electron chi connectivity index (χ1n) is 7.24. The molecule has 1 aliphatic rings. The molecular formula is C14H21N3O2S2. The maximum Gasteiger partial charge on any atom is 0.225 e. The molecule has 0 unspecified atom stereocenters. The average molecular weight is 327 g/mol. The van der Waals surface area contributed by atoms with Crippen LogP contribution in [0.3, 0.4) is 0 Å². The van der Waals surface area contributed by atoms with E-state index in [0.29, 0.717) is 10.4 Å². The number of hydrogen-bond acceptors (Lipinski definition) is 4. The van der Waals surface area contributed by atoms with Crippen LogP contribution in [0.15, 0.2) is 0 Å². The largest absolute Gasteiger partial charge is 0.369 e. The molecule has 0 aromatic carbocycles. The van der Waals surface area contributed by atoms with E-state index < -0.39 is 0 Å². The molecule has 1 aromatic rings. The summed E-state index contributed by atoms with van der Waals surface area (Å²) >= 11 is 6.50. The van der Waals surface area contributed by atoms with Gasteiger partial charge in [0.05, 0.1) is 12.3 Å². The molecule has 1 fully saturated rings. The highest BCUT2D eigenvalue weighted by molar-refractivity contribution is 7.73. The molecule has 116 valence electrons. The maximum absolute atomic E-state index is 12.2. The normalized spacial score (nSPS) is 22.5. The number of nitrogens with one attached hydrogen (secondary N) is 2. The Labute approximate surface area is 133 Å². The van der Waals surface area contributed by atoms with Crippen molar-refractivity contribution in [2.75, 3.05) is 0 Å². The van der Waals surface area contributed by atoms with E-state index in [0.717, 1.165) is 42.7 Å². The Morgan fingerprint density at radius 1 is 1.38 bits per heavy atom. The van der Waals surface area contributed by atoms with Crippen molar-refractivity contribution in [1.82, 2.24) is 10.3 Å². The molecule has 1 heterocycles. The highest BCUT2D eigenvalue weighted by atomic mass is 32.1. The van der Waals surface area contributed by atoms with Crippen molar-refractivity contribution in [3.8, 4) is 0 Å². The van der Waals surface area contributed by atoms with Gasteiger partial charge in [-0.1, -0.05) is 19.3 Å². The average Bonchev–Trinajstić information content (AvgIpc) is 2.61. The van der Waals surface area contributed by atoms with Crippen molar-refractivity contribution >= 4 is 35.4 Å². The Morgan fingerprint density at radius 2 is 2.10 bits per heavy atom. The van der Waals surface area contributed by atoms with E-state index in [9.17, 15) is 9.59 Å². The van der Waals surface area contributed by atoms with E-state index in [2.05, 4.69) is 10.3 Å². The summed E-state index contributed by atoms with van der Waals surface area (Å²) in [5, 5.41) is 2.99. The first kappa shape index (κ1) is 16.2. The van der Waals surface area contributed by atoms with Crippen molar-refractivity contribution in [2.24, 2.45) is 11.7 Å². The van der Waals surface area contributed by atoms with Crippen LogP contribution in [-0.2, 0) is 16.0 Å². The van der Waals surface area contributed by atoms with Crippen LogP contribution in [0.1, 0.15) is 42.7 Å². The van der Waals surface area contributed by atoms with Crippen molar-refractivity contribution in [3.05, 3.63) is 14.5 Å². The van der Waals surface area contributed by atoms with Gasteiger partial charge in [-0.25, -0.2) is 0 Å². The van der Waals surface area contributed by atoms with Crippen molar-refractivity contribution in [1.29, 1.82) is 0 Å². The Balaban J connectivity index is 2.01. The van der Waals surface area contributed by atoms with Crippen LogP contribution in [-0.4, -0.2) is 22.8 Å². The number of carbonyl (C=O) groups is 2. The molecule has 2 atom stereocenters. The zero-order valence-electron chi connectivity index (χ0n) is 12.1. The second-order valence-corrected chi connectivity index (χ2v) is 7.33. The maximum atomic E-state index is 12.2. The lowest BCUT2D eigenvalue weighted by atomic mass is 9.94. The standard InChI is InChI=1S/C14H21N3O2S2/c1-8-11(21-14(20)16-8)7-12(18)17-10-6-4-2-3-5-9(10)13(15)19/h9-10H,2-7H2,1H3,(H2,15,19)(H,16,20)(H,17,18)/t9-,10+/m0/s1. The quantitative estimate of drug-likeness (QED) is 0.585. The van der Waals surface area contributed by atoms with Gasteiger partial charge in [0.25, 0.3) is 0 Å². The number of amides is 2. The first-order chi connectivity index (χ1) is 9.97. The van der Waals surface area contributed by atoms with Crippen LogP contribution < -0.4 is 11.1 Å². The van der Waals surface area contributed by atoms with Crippen molar-refractivity contribution in [2.45, 2.75) is 51.5 Å². The van der Waals surface area contributed by atoms with E-state index in [1.807, 2.05) is 6.92 Å². The third-order valence-corrected chi connectivity index (χ3v) is 5.31. The van der Waals surface area contributed by atoms with E-state index >= 15 is 0 Å². The summed E-state index contributed by atoms with van der Waals surface area (Å²) in [4.78, 5) is 27.8. The summed E-state index contributed by atoms with van der Waals surface area (Å²) in [6.07, 6.45) is 5.00. The zero-order valence-corrected chi connectivity index (χ0v) is 13.7. The number of nitrogens with two attached hydrogens (primary N) is 1. The Kier molecular flexibility index (Phi) is 5.52. The highest BCUT2D eigenvalue weighted by Crippen LogP contribution is 2.24. The van der Waals surface area contributed by atoms with E-state index in [1.54, 1.807) is 0 Å². The third kappa shape index (κ3) is 4.38. The predicted molar refractivity (Wildman–Crippen MR) is 85.6 cm³/mol. The van der Waals surface area contributed by atoms with Gasteiger partial charge in [0.1, 0.15) is 0 Å². The summed E-state index contributed by atoms with van der Waals surface area (Å²) < 4.78 is 0.680. The fourth-order valence-electron chi connectivity index (χ4n) is 2.83. The molecule has 1 aromatic heterocycles. The molecule has 0 saturated heterocycles. The fourth-order valence-corrected chi connectivity index (χ4v) is 4.12. The number of thiazole rings is 1. The molecule has 5 nitrogen and oxygen atoms in total. The van der Waals surface area contributed by atoms with Crippen LogP contribution in [0.5, 0.6) is 0 Å². The smallest absolute Gasteiger partial charge is 0.225 e. The summed E-state index contributed by atoms with van der Waals surface area (Å²) in [5.74, 6) is -0.626. The molecule has 7 heteroatoms. The van der Waals surface area contributed by atoms with Crippen LogP contribution in [0.25, 0.3) is 0 Å². The number of primary amides is 1. The predicted octanol–water partition coefficient (Wildman–Crippen LogP) is 2.21. The number of carbonyl (C=O) groups excluding carboxylic acids is 2. The molecule has 2 rings (SSSR count). The molecule has 21 heavy (non-hydrogen) atoms. The van der Waals surface area contributed by atoms with Crippen LogP contribution >= 0.6 is 23.6 Å². The van der Waals surface area contributed by atoms with E-state index in [4.69, 9.17) is 18.0 Å². The lowest BCUT2D eigenvalue weighted by molar-refractivity contribution is -0.125. The molecule has 1 aliphatic carbocycles. The van der Waals surface area contributed by atoms with Crippen molar-refractivity contribution in [3.63, 3.8) is 0 Å². The van der Waals surface area contributed by atoms with E-state index in [-0.39, 0.29) is 23.8 Å². The molecule has 0 radical (unpaired) electrons. The van der Waals surface area contributed by atoms with Gasteiger partial charge in [-0.05, 0) is 32.0 Å². The molecule has 4 N–H and O–H groups in total. The van der Waals surface area contributed by atoms with Gasteiger partial charge in [-0.15, -0.1) is 11.3 Å². The minimum Gasteiger partial charge on any atom is -0.369 e. The number of H-pyrrole nitrogens is 1. The van der Waals surface area contributed by atoms with Crippen LogP contribution in [0.2, 0.25) is 0 Å². The summed E-state index contributed by atoms with van der Waals surface area (Å²) in [5.41, 5.74) is 6.41. The SMILES string of the molecule is Cc1[nH]c(=S)sc1CC(=O)N[C@@H]1CCCCC[C@@H]1C(N)=O. The Morgan fingerprint density at radius 3 is 2.71 bits per heavy atom. The lowest BCUT2D eigenvalue weighted by Gasteiger charge is -2.23. The summed E-state index contributed by atoms with van der Waals surface area (Å²) in [6, 6.07) is -0.135. The van der Waals surface area contributed by atoms with Gasteiger partial charge in [0, 0.05) is 16.6 Å². The second-order valence-electron chi connectivity index (χ2n) is 5.56. The van der Waals surface area contributed by atoms with Gasteiger partial charge in [0.2, 0.25) is 11.8 Å². The molecule has 1 saturated carbocycles. The molecular weight excluding hydrogens is 306 g/mol. The monoisotopic (exact) mass is 327 g/mol. The third-order valence-electron chi connectivity index (χ3n) is 3.97. The number of aromatic nitrogens is 1. The minimum atomic E-state index is -0.310.